The highest BCUT2D eigenvalue weighted by Crippen LogP contribution is 2.29. The maximum Gasteiger partial charge on any atom is 0.251 e. The molecule has 0 spiro atoms. The van der Waals surface area contributed by atoms with E-state index in [1.807, 2.05) is 49.4 Å². The third-order valence-electron chi connectivity index (χ3n) is 3.53. The summed E-state index contributed by atoms with van der Waals surface area (Å²) in [6.07, 6.45) is 3.26. The number of nitrogens with one attached hydrogen (secondary N) is 1. The average Bonchev–Trinajstić information content (AvgIpc) is 2.53. The Kier molecular flexibility index (Phi) is 3.74. The Bertz CT molecular complexity index is 748. The lowest BCUT2D eigenvalue weighted by Gasteiger charge is -2.28. The van der Waals surface area contributed by atoms with Crippen LogP contribution in [-0.2, 0) is 9.59 Å². The van der Waals surface area contributed by atoms with Crippen molar-refractivity contribution in [2.75, 3.05) is 16.8 Å². The van der Waals surface area contributed by atoms with Gasteiger partial charge in [0.1, 0.15) is 6.54 Å². The summed E-state index contributed by atoms with van der Waals surface area (Å²) in [7, 11) is 0. The lowest BCUT2D eigenvalue weighted by Crippen LogP contribution is -2.41. The van der Waals surface area contributed by atoms with Gasteiger partial charge in [0.15, 0.2) is 0 Å². The SMILES string of the molecule is Cc1ccc(/C=C/C(=O)N2CC(=O)Nc3ccccc32)cc1. The molecule has 0 saturated heterocycles. The van der Waals surface area contributed by atoms with E-state index in [1.165, 1.54) is 16.5 Å². The number of carbonyl (C=O) groups excluding carboxylic acids is 2. The molecule has 1 heterocycles. The Morgan fingerprint density at radius 1 is 1.14 bits per heavy atom. The molecule has 0 atom stereocenters. The number of hydrogen-bond acceptors (Lipinski definition) is 2. The van der Waals surface area contributed by atoms with Crippen molar-refractivity contribution in [2.45, 2.75) is 6.92 Å². The predicted octanol–water partition coefficient (Wildman–Crippen LogP) is 2.99. The van der Waals surface area contributed by atoms with Crippen LogP contribution in [0.5, 0.6) is 0 Å². The Morgan fingerprint density at radius 3 is 2.64 bits per heavy atom. The van der Waals surface area contributed by atoms with Crippen LogP contribution < -0.4 is 10.2 Å². The first-order chi connectivity index (χ1) is 10.6. The molecule has 2 aromatic rings. The first-order valence-electron chi connectivity index (χ1n) is 7.08. The topological polar surface area (TPSA) is 49.4 Å². The maximum absolute atomic E-state index is 12.4. The van der Waals surface area contributed by atoms with Crippen molar-refractivity contribution in [3.8, 4) is 0 Å². The van der Waals surface area contributed by atoms with Crippen LogP contribution in [0.3, 0.4) is 0 Å². The number of hydrogen-bond donors (Lipinski definition) is 1. The summed E-state index contributed by atoms with van der Waals surface area (Å²) in [6.45, 7) is 2.05. The van der Waals surface area contributed by atoms with Gasteiger partial charge < -0.3 is 5.32 Å². The van der Waals surface area contributed by atoms with E-state index in [-0.39, 0.29) is 18.4 Å². The maximum atomic E-state index is 12.4. The molecular weight excluding hydrogens is 276 g/mol. The fourth-order valence-corrected chi connectivity index (χ4v) is 2.36. The molecule has 0 aromatic heterocycles. The smallest absolute Gasteiger partial charge is 0.251 e. The Labute approximate surface area is 129 Å². The lowest BCUT2D eigenvalue weighted by molar-refractivity contribution is -0.119. The molecule has 2 aromatic carbocycles. The van der Waals surface area contributed by atoms with E-state index in [9.17, 15) is 9.59 Å². The molecular formula is C18H16N2O2. The highest BCUT2D eigenvalue weighted by Gasteiger charge is 2.24. The van der Waals surface area contributed by atoms with Crippen LogP contribution in [-0.4, -0.2) is 18.4 Å². The zero-order valence-electron chi connectivity index (χ0n) is 12.2. The van der Waals surface area contributed by atoms with Crippen molar-refractivity contribution < 1.29 is 9.59 Å². The molecule has 1 N–H and O–H groups in total. The molecule has 2 amide bonds. The molecule has 110 valence electrons. The first-order valence-corrected chi connectivity index (χ1v) is 7.08. The second kappa shape index (κ2) is 5.85. The molecule has 1 aliphatic heterocycles. The monoisotopic (exact) mass is 292 g/mol. The normalized spacial score (nSPS) is 13.9. The largest absolute Gasteiger partial charge is 0.323 e. The van der Waals surface area contributed by atoms with Gasteiger partial charge in [-0.15, -0.1) is 0 Å². The Hall–Kier alpha value is -2.88. The second-order valence-electron chi connectivity index (χ2n) is 5.23. The number of aryl methyl sites for hydroxylation is 1. The van der Waals surface area contributed by atoms with Crippen molar-refractivity contribution in [1.29, 1.82) is 0 Å². The minimum atomic E-state index is -0.206. The average molecular weight is 292 g/mol. The molecule has 1 aliphatic rings. The summed E-state index contributed by atoms with van der Waals surface area (Å²) in [5.74, 6) is -0.390. The number of nitrogens with zero attached hydrogens (tertiary/aromatic N) is 1. The highest BCUT2D eigenvalue weighted by atomic mass is 16.2. The third-order valence-corrected chi connectivity index (χ3v) is 3.53. The molecule has 0 saturated carbocycles. The van der Waals surface area contributed by atoms with E-state index in [0.29, 0.717) is 5.69 Å². The third kappa shape index (κ3) is 2.91. The number of anilines is 2. The van der Waals surface area contributed by atoms with Crippen LogP contribution in [0.2, 0.25) is 0 Å². The zero-order valence-corrected chi connectivity index (χ0v) is 12.2. The molecule has 22 heavy (non-hydrogen) atoms. The molecule has 0 radical (unpaired) electrons. The summed E-state index contributed by atoms with van der Waals surface area (Å²) in [6, 6.07) is 15.2. The molecule has 0 bridgehead atoms. The van der Waals surface area contributed by atoms with E-state index in [0.717, 1.165) is 11.3 Å². The van der Waals surface area contributed by atoms with E-state index in [1.54, 1.807) is 12.1 Å². The molecule has 4 nitrogen and oxygen atoms in total. The van der Waals surface area contributed by atoms with Gasteiger partial charge in [-0.2, -0.15) is 0 Å². The van der Waals surface area contributed by atoms with Gasteiger partial charge in [-0.3, -0.25) is 14.5 Å². The minimum absolute atomic E-state index is 0.0358. The van der Waals surface area contributed by atoms with Crippen molar-refractivity contribution in [1.82, 2.24) is 0 Å². The quantitative estimate of drug-likeness (QED) is 0.865. The van der Waals surface area contributed by atoms with E-state index in [4.69, 9.17) is 0 Å². The number of para-hydroxylation sites is 2. The van der Waals surface area contributed by atoms with Crippen LogP contribution in [0.15, 0.2) is 54.6 Å². The van der Waals surface area contributed by atoms with Crippen LogP contribution in [0, 0.1) is 6.92 Å². The summed E-state index contributed by atoms with van der Waals surface area (Å²) in [4.78, 5) is 25.6. The van der Waals surface area contributed by atoms with Crippen molar-refractivity contribution in [3.63, 3.8) is 0 Å². The lowest BCUT2D eigenvalue weighted by atomic mass is 10.1. The number of carbonyl (C=O) groups is 2. The fraction of sp³-hybridized carbons (Fsp3) is 0.111. The van der Waals surface area contributed by atoms with Crippen LogP contribution in [0.1, 0.15) is 11.1 Å². The standard InChI is InChI=1S/C18H16N2O2/c1-13-6-8-14(9-7-13)10-11-18(22)20-12-17(21)19-15-4-2-3-5-16(15)20/h2-11H,12H2,1H3,(H,19,21)/b11-10+. The molecule has 0 unspecified atom stereocenters. The number of fused-ring (bicyclic) bond motifs is 1. The highest BCUT2D eigenvalue weighted by molar-refractivity contribution is 6.13. The molecule has 0 aliphatic carbocycles. The van der Waals surface area contributed by atoms with Gasteiger partial charge in [0.25, 0.3) is 5.91 Å². The second-order valence-corrected chi connectivity index (χ2v) is 5.23. The van der Waals surface area contributed by atoms with Crippen LogP contribution in [0.25, 0.3) is 6.08 Å². The van der Waals surface area contributed by atoms with Gasteiger partial charge in [0.2, 0.25) is 5.91 Å². The Morgan fingerprint density at radius 2 is 1.86 bits per heavy atom. The van der Waals surface area contributed by atoms with Crippen LogP contribution >= 0.6 is 0 Å². The predicted molar refractivity (Wildman–Crippen MR) is 87.6 cm³/mol. The van der Waals surface area contributed by atoms with E-state index < -0.39 is 0 Å². The fourth-order valence-electron chi connectivity index (χ4n) is 2.36. The van der Waals surface area contributed by atoms with E-state index in [2.05, 4.69) is 5.32 Å². The summed E-state index contributed by atoms with van der Waals surface area (Å²) >= 11 is 0. The van der Waals surface area contributed by atoms with Crippen molar-refractivity contribution >= 4 is 29.3 Å². The summed E-state index contributed by atoms with van der Waals surface area (Å²) in [5, 5.41) is 2.77. The zero-order chi connectivity index (χ0) is 15.5. The molecule has 0 fully saturated rings. The van der Waals surface area contributed by atoms with E-state index >= 15 is 0 Å². The first kappa shape index (κ1) is 14.1. The number of benzene rings is 2. The Balaban J connectivity index is 1.83. The van der Waals surface area contributed by atoms with Gasteiger partial charge in [0, 0.05) is 6.08 Å². The van der Waals surface area contributed by atoms with Gasteiger partial charge in [0.05, 0.1) is 11.4 Å². The molecule has 3 rings (SSSR count). The van der Waals surface area contributed by atoms with Crippen LogP contribution in [0.4, 0.5) is 11.4 Å². The van der Waals surface area contributed by atoms with Gasteiger partial charge >= 0.3 is 0 Å². The van der Waals surface area contributed by atoms with Crippen molar-refractivity contribution in [2.24, 2.45) is 0 Å². The summed E-state index contributed by atoms with van der Waals surface area (Å²) < 4.78 is 0. The van der Waals surface area contributed by atoms with Crippen molar-refractivity contribution in [3.05, 3.63) is 65.7 Å². The number of amides is 2. The minimum Gasteiger partial charge on any atom is -0.323 e. The van der Waals surface area contributed by atoms with Gasteiger partial charge in [-0.05, 0) is 30.7 Å². The van der Waals surface area contributed by atoms with Gasteiger partial charge in [-0.25, -0.2) is 0 Å². The van der Waals surface area contributed by atoms with Gasteiger partial charge in [-0.1, -0.05) is 42.0 Å². The molecule has 4 heteroatoms. The summed E-state index contributed by atoms with van der Waals surface area (Å²) in [5.41, 5.74) is 3.51. The number of rotatable bonds is 2.